The summed E-state index contributed by atoms with van der Waals surface area (Å²) >= 11 is 0. The van der Waals surface area contributed by atoms with Gasteiger partial charge in [0, 0.05) is 62.4 Å². The number of rotatable bonds is 44. The number of hydrogen-bond acceptors (Lipinski definition) is 19. The Morgan fingerprint density at radius 2 is 0.547 bits per heavy atom. The molecule has 86 heavy (non-hydrogen) atoms. The van der Waals surface area contributed by atoms with Crippen LogP contribution >= 0.6 is 0 Å². The van der Waals surface area contributed by atoms with Crippen molar-refractivity contribution in [1.82, 2.24) is 49.4 Å². The molecule has 0 rings (SSSR count). The third-order valence-electron chi connectivity index (χ3n) is 15.3. The molecule has 0 spiro atoms. The van der Waals surface area contributed by atoms with Crippen LogP contribution in [0.15, 0.2) is 0 Å². The van der Waals surface area contributed by atoms with Gasteiger partial charge in [0.05, 0.1) is 90.1 Å². The predicted octanol–water partition coefficient (Wildman–Crippen LogP) is -3.64. The highest BCUT2D eigenvalue weighted by Gasteiger charge is 2.36. The van der Waals surface area contributed by atoms with Crippen LogP contribution < -0.4 is 11.1 Å². The fourth-order valence-corrected chi connectivity index (χ4v) is 8.49. The van der Waals surface area contributed by atoms with Crippen LogP contribution in [-0.4, -0.2) is 323 Å². The normalized spacial score (nSPS) is 14.7. The first kappa shape index (κ1) is 82.4. The van der Waals surface area contributed by atoms with Crippen LogP contribution in [0.3, 0.4) is 0 Å². The summed E-state index contributed by atoms with van der Waals surface area (Å²) in [7, 11) is 0. The summed E-state index contributed by atoms with van der Waals surface area (Å²) in [5.41, 5.74) is 5.43. The van der Waals surface area contributed by atoms with Gasteiger partial charge in [0.2, 0.25) is 59.1 Å². The number of carbonyl (C=O) groups is 10. The summed E-state index contributed by atoms with van der Waals surface area (Å²) in [5, 5.41) is 84.7. The molecule has 11 N–H and O–H groups in total. The van der Waals surface area contributed by atoms with Gasteiger partial charge < -0.3 is 96.0 Å². The minimum atomic E-state index is -1.63. The summed E-state index contributed by atoms with van der Waals surface area (Å²) in [6.45, 7) is 8.56. The Labute approximate surface area is 509 Å². The van der Waals surface area contributed by atoms with E-state index in [1.54, 1.807) is 62.3 Å². The van der Waals surface area contributed by atoms with Crippen molar-refractivity contribution in [1.29, 1.82) is 0 Å². The van der Waals surface area contributed by atoms with Crippen LogP contribution in [0.2, 0.25) is 0 Å². The number of hydrogen-bond donors (Lipinski definition) is 10. The molecule has 29 heteroatoms. The zero-order valence-electron chi connectivity index (χ0n) is 52.5. The first-order valence-electron chi connectivity index (χ1n) is 29.6. The number of carbonyl (C=O) groups excluding carboxylic acids is 10. The van der Waals surface area contributed by atoms with E-state index in [9.17, 15) is 88.8 Å². The Bertz CT molecular complexity index is 2100. The van der Waals surface area contributed by atoms with Crippen LogP contribution in [0.25, 0.3) is 0 Å². The van der Waals surface area contributed by atoms with Gasteiger partial charge >= 0.3 is 0 Å². The minimum Gasteiger partial charge on any atom is -0.394 e. The fraction of sp³-hybridized carbons (Fsp3) is 0.825. The van der Waals surface area contributed by atoms with Crippen molar-refractivity contribution in [2.24, 2.45) is 5.73 Å². The maximum atomic E-state index is 14.6. The number of primary amides is 1. The van der Waals surface area contributed by atoms with Crippen molar-refractivity contribution < 1.29 is 88.8 Å². The molecule has 10 atom stereocenters. The number of aliphatic hydroxyl groups is 8. The highest BCUT2D eigenvalue weighted by molar-refractivity contribution is 5.94. The van der Waals surface area contributed by atoms with Crippen molar-refractivity contribution in [2.75, 3.05) is 118 Å². The molecule has 29 nitrogen and oxygen atoms in total. The van der Waals surface area contributed by atoms with Crippen molar-refractivity contribution in [3.8, 4) is 0 Å². The second-order valence-electron chi connectivity index (χ2n) is 22.0. The molecule has 0 aliphatic rings. The summed E-state index contributed by atoms with van der Waals surface area (Å²) in [6, 6.07) is -2.93. The molecule has 10 amide bonds. The van der Waals surface area contributed by atoms with Crippen molar-refractivity contribution in [3.05, 3.63) is 0 Å². The quantitative estimate of drug-likeness (QED) is 0.0281. The molecule has 500 valence electrons. The molecule has 0 aromatic rings. The second kappa shape index (κ2) is 43.1. The monoisotopic (exact) mass is 1240 g/mol. The molecule has 0 aliphatic heterocycles. The van der Waals surface area contributed by atoms with E-state index in [-0.39, 0.29) is 32.9 Å². The topological polar surface area (TPSA) is 400 Å². The smallest absolute Gasteiger partial charge is 0.242 e. The number of amides is 10. The molecule has 0 heterocycles. The average Bonchev–Trinajstić information content (AvgIpc) is 2.81. The highest BCUT2D eigenvalue weighted by atomic mass is 16.3. The van der Waals surface area contributed by atoms with Gasteiger partial charge in [-0.3, -0.25) is 47.9 Å². The lowest BCUT2D eigenvalue weighted by Gasteiger charge is -2.37. The van der Waals surface area contributed by atoms with Crippen LogP contribution in [0.5, 0.6) is 0 Å². The van der Waals surface area contributed by atoms with Gasteiger partial charge in [-0.1, -0.05) is 49.0 Å². The highest BCUT2D eigenvalue weighted by Crippen LogP contribution is 2.15. The molecule has 0 aromatic heterocycles. The van der Waals surface area contributed by atoms with E-state index < -0.39 is 225 Å². The Kier molecular flexibility index (Phi) is 41.3. The molecule has 10 unspecified atom stereocenters. The van der Waals surface area contributed by atoms with Crippen LogP contribution in [0.1, 0.15) is 129 Å². The summed E-state index contributed by atoms with van der Waals surface area (Å²) in [5.74, 6) is -7.90. The number of nitrogens with one attached hydrogen (secondary N) is 1. The van der Waals surface area contributed by atoms with E-state index in [0.29, 0.717) is 19.3 Å². The Morgan fingerprint density at radius 3 is 0.779 bits per heavy atom. The molecule has 0 fully saturated rings. The zero-order valence-corrected chi connectivity index (χ0v) is 52.5. The number of nitrogens with two attached hydrogens (primary N) is 1. The lowest BCUT2D eigenvalue weighted by molar-refractivity contribution is -0.152. The zero-order chi connectivity index (χ0) is 65.4. The molecule has 0 aromatic carbocycles. The van der Waals surface area contributed by atoms with Crippen LogP contribution in [-0.2, 0) is 47.9 Å². The molecule has 0 saturated carbocycles. The van der Waals surface area contributed by atoms with E-state index in [0.717, 1.165) is 35.8 Å². The van der Waals surface area contributed by atoms with Crippen LogP contribution in [0, 0.1) is 0 Å². The second-order valence-corrected chi connectivity index (χ2v) is 22.0. The van der Waals surface area contributed by atoms with E-state index >= 15 is 0 Å². The average molecular weight is 1240 g/mol. The maximum Gasteiger partial charge on any atom is 0.242 e. The van der Waals surface area contributed by atoms with Gasteiger partial charge in [-0.2, -0.15) is 0 Å². The molecule has 0 saturated heterocycles. The lowest BCUT2D eigenvalue weighted by Crippen LogP contribution is -2.56. The third-order valence-corrected chi connectivity index (χ3v) is 15.3. The van der Waals surface area contributed by atoms with Gasteiger partial charge in [-0.15, -0.1) is 0 Å². The lowest BCUT2D eigenvalue weighted by atomic mass is 10.1. The number of nitrogens with zero attached hydrogens (tertiary/aromatic N) is 9. The van der Waals surface area contributed by atoms with Crippen LogP contribution in [0.4, 0.5) is 0 Å². The van der Waals surface area contributed by atoms with E-state index in [4.69, 9.17) is 5.73 Å². The summed E-state index contributed by atoms with van der Waals surface area (Å²) < 4.78 is 0. The Balaban J connectivity index is 0. The summed E-state index contributed by atoms with van der Waals surface area (Å²) in [6.07, 6.45) is -3.89. The Hall–Kier alpha value is -5.66. The first-order valence-corrected chi connectivity index (χ1v) is 29.6. The molecule has 0 aliphatic carbocycles. The fourth-order valence-electron chi connectivity index (χ4n) is 8.49. The van der Waals surface area contributed by atoms with Crippen molar-refractivity contribution >= 4 is 59.1 Å². The number of aliphatic hydroxyl groups excluding tert-OH is 8. The molecular formula is C57H109N11O18. The maximum absolute atomic E-state index is 14.6. The van der Waals surface area contributed by atoms with Gasteiger partial charge in [0.15, 0.2) is 0 Å². The minimum absolute atomic E-state index is 0. The molecular weight excluding hydrogens is 1130 g/mol. The van der Waals surface area contributed by atoms with E-state index in [1.807, 2.05) is 20.8 Å². The van der Waals surface area contributed by atoms with E-state index in [1.165, 1.54) is 14.7 Å². The Morgan fingerprint density at radius 1 is 0.337 bits per heavy atom. The van der Waals surface area contributed by atoms with Gasteiger partial charge in [-0.25, -0.2) is 0 Å². The van der Waals surface area contributed by atoms with Crippen molar-refractivity contribution in [3.63, 3.8) is 0 Å². The van der Waals surface area contributed by atoms with Crippen molar-refractivity contribution in [2.45, 2.75) is 190 Å². The van der Waals surface area contributed by atoms with Gasteiger partial charge in [0.1, 0.15) is 26.2 Å². The van der Waals surface area contributed by atoms with E-state index in [2.05, 4.69) is 5.32 Å². The summed E-state index contributed by atoms with van der Waals surface area (Å²) in [4.78, 5) is 149. The standard InChI is InChI=1S/C56H105N11O18.CH4/c1-13-37(7)58-19-48(77)64(39(9)15-3)29-51(80)59(20-43(72)33-68)25-49(78)62(23-46(75)36-71)28-54(83)67(42(12)18-6)32-56(85)65(40(10)16-4)30-52(81)60(21-44(73)34-69)26-50(79)61(22-45(74)35-70)27-53(82)66(41(11)17-5)31-55(84)63(24-47(57)76)38(8)14-2;/h37-46,58,68-75H,13-36H2,1-12H3,(H2,57,76);1H4. The first-order chi connectivity index (χ1) is 39.9. The third kappa shape index (κ3) is 28.9. The largest absolute Gasteiger partial charge is 0.394 e. The predicted molar refractivity (Wildman–Crippen MR) is 320 cm³/mol. The van der Waals surface area contributed by atoms with Gasteiger partial charge in [0.25, 0.3) is 0 Å². The SMILES string of the molecule is C.CCC(C)NCC(=O)N(CC(=O)N(CC(=O)N(CC(=O)N(CC(=O)N(CC(=O)N(CC(=O)N(CC(=O)N(CC(=O)N(CC(N)=O)C(C)CC)C(C)CC)CC(O)CO)CC(O)CO)C(C)CC)C(C)CC)CC(O)CO)CC(O)CO)C(C)CC. The molecule has 0 bridgehead atoms. The molecule has 0 radical (unpaired) electrons. The van der Waals surface area contributed by atoms with Gasteiger partial charge in [-0.05, 0) is 80.1 Å².